The molecule has 19 heavy (non-hydrogen) atoms. The van der Waals surface area contributed by atoms with Crippen LogP contribution in [0, 0.1) is 13.8 Å². The van der Waals surface area contributed by atoms with E-state index in [1.165, 1.54) is 15.8 Å². The van der Waals surface area contributed by atoms with Gasteiger partial charge in [0.1, 0.15) is 11.3 Å². The lowest BCUT2D eigenvalue weighted by atomic mass is 10.1. The molecule has 0 amide bonds. The lowest BCUT2D eigenvalue weighted by molar-refractivity contribution is 0.565. The highest BCUT2D eigenvalue weighted by Crippen LogP contribution is 2.25. The van der Waals surface area contributed by atoms with Gasteiger partial charge in [0, 0.05) is 35.1 Å². The number of rotatable bonds is 4. The van der Waals surface area contributed by atoms with E-state index in [4.69, 9.17) is 4.42 Å². The number of aromatic nitrogens is 1. The Bertz CT molecular complexity index is 699. The Balaban J connectivity index is 1.73. The Kier molecular flexibility index (Phi) is 3.36. The van der Waals surface area contributed by atoms with Crippen molar-refractivity contribution in [3.8, 4) is 0 Å². The third-order valence-corrected chi connectivity index (χ3v) is 4.08. The highest BCUT2D eigenvalue weighted by Gasteiger charge is 2.09. The van der Waals surface area contributed by atoms with Gasteiger partial charge in [-0.15, -0.1) is 11.3 Å². The van der Waals surface area contributed by atoms with Crippen molar-refractivity contribution in [2.45, 2.75) is 26.9 Å². The molecule has 98 valence electrons. The number of benzene rings is 1. The molecule has 0 aliphatic carbocycles. The van der Waals surface area contributed by atoms with E-state index in [2.05, 4.69) is 16.4 Å². The molecule has 4 heteroatoms. The van der Waals surface area contributed by atoms with E-state index in [9.17, 15) is 0 Å². The first-order valence-corrected chi connectivity index (χ1v) is 7.15. The minimum absolute atomic E-state index is 0.819. The number of thiazole rings is 1. The molecule has 3 rings (SSSR count). The summed E-state index contributed by atoms with van der Waals surface area (Å²) in [6, 6.07) is 8.17. The van der Waals surface area contributed by atoms with E-state index in [0.717, 1.165) is 29.4 Å². The van der Waals surface area contributed by atoms with Crippen molar-refractivity contribution in [2.75, 3.05) is 0 Å². The topological polar surface area (TPSA) is 38.1 Å². The molecule has 3 nitrogen and oxygen atoms in total. The second-order valence-electron chi connectivity index (χ2n) is 4.58. The molecule has 0 fully saturated rings. The van der Waals surface area contributed by atoms with Gasteiger partial charge in [0.15, 0.2) is 0 Å². The van der Waals surface area contributed by atoms with Gasteiger partial charge in [0.2, 0.25) is 0 Å². The summed E-state index contributed by atoms with van der Waals surface area (Å²) in [5.41, 5.74) is 2.21. The summed E-state index contributed by atoms with van der Waals surface area (Å²) >= 11 is 1.74. The summed E-state index contributed by atoms with van der Waals surface area (Å²) < 4.78 is 5.76. The zero-order chi connectivity index (χ0) is 13.2. The molecule has 0 atom stereocenters. The number of nitrogens with zero attached hydrogens (tertiary/aromatic N) is 1. The van der Waals surface area contributed by atoms with Crippen LogP contribution in [-0.2, 0) is 13.1 Å². The number of hydrogen-bond acceptors (Lipinski definition) is 4. The largest absolute Gasteiger partial charge is 0.461 e. The van der Waals surface area contributed by atoms with E-state index in [0.29, 0.717) is 0 Å². The van der Waals surface area contributed by atoms with Gasteiger partial charge >= 0.3 is 0 Å². The number of para-hydroxylation sites is 1. The molecule has 2 heterocycles. The zero-order valence-electron chi connectivity index (χ0n) is 11.1. The zero-order valence-corrected chi connectivity index (χ0v) is 11.9. The molecule has 0 saturated carbocycles. The van der Waals surface area contributed by atoms with Crippen LogP contribution in [0.4, 0.5) is 0 Å². The summed E-state index contributed by atoms with van der Waals surface area (Å²) in [6.45, 7) is 5.72. The normalized spacial score (nSPS) is 11.3. The Hall–Kier alpha value is -1.65. The Morgan fingerprint density at radius 2 is 2.05 bits per heavy atom. The Morgan fingerprint density at radius 1 is 1.21 bits per heavy atom. The van der Waals surface area contributed by atoms with Gasteiger partial charge in [-0.2, -0.15) is 0 Å². The number of nitrogens with one attached hydrogen (secondary N) is 1. The van der Waals surface area contributed by atoms with Gasteiger partial charge in [-0.3, -0.25) is 0 Å². The van der Waals surface area contributed by atoms with Crippen LogP contribution in [0.3, 0.4) is 0 Å². The molecule has 0 saturated heterocycles. The van der Waals surface area contributed by atoms with Crippen LogP contribution in [0.5, 0.6) is 0 Å². The molecule has 1 N–H and O–H groups in total. The van der Waals surface area contributed by atoms with E-state index in [1.807, 2.05) is 38.2 Å². The van der Waals surface area contributed by atoms with Crippen molar-refractivity contribution < 1.29 is 4.42 Å². The molecule has 2 aromatic heterocycles. The average Bonchev–Trinajstić information content (AvgIpc) is 2.94. The number of furan rings is 1. The van der Waals surface area contributed by atoms with Crippen LogP contribution in [-0.4, -0.2) is 4.98 Å². The molecular formula is C15H16N2OS. The van der Waals surface area contributed by atoms with Crippen molar-refractivity contribution in [3.05, 3.63) is 51.7 Å². The van der Waals surface area contributed by atoms with Crippen molar-refractivity contribution in [1.82, 2.24) is 10.3 Å². The second-order valence-corrected chi connectivity index (χ2v) is 5.90. The highest BCUT2D eigenvalue weighted by atomic mass is 32.1. The molecule has 0 bridgehead atoms. The predicted octanol–water partition coefficient (Wildman–Crippen LogP) is 3.80. The van der Waals surface area contributed by atoms with E-state index in [1.54, 1.807) is 11.3 Å². The average molecular weight is 272 g/mol. The molecule has 0 radical (unpaired) electrons. The van der Waals surface area contributed by atoms with Gasteiger partial charge < -0.3 is 9.73 Å². The molecule has 1 aromatic carbocycles. The van der Waals surface area contributed by atoms with Gasteiger partial charge in [-0.05, 0) is 19.9 Å². The van der Waals surface area contributed by atoms with Crippen LogP contribution < -0.4 is 5.32 Å². The first kappa shape index (κ1) is 12.4. The van der Waals surface area contributed by atoms with Crippen LogP contribution in [0.1, 0.15) is 21.2 Å². The van der Waals surface area contributed by atoms with Gasteiger partial charge in [0.25, 0.3) is 0 Å². The lowest BCUT2D eigenvalue weighted by Gasteiger charge is -2.02. The fourth-order valence-electron chi connectivity index (χ4n) is 2.24. The van der Waals surface area contributed by atoms with Crippen LogP contribution >= 0.6 is 11.3 Å². The molecule has 3 aromatic rings. The van der Waals surface area contributed by atoms with Gasteiger partial charge in [-0.25, -0.2) is 4.98 Å². The summed E-state index contributed by atoms with van der Waals surface area (Å²) in [5, 5.41) is 5.78. The summed E-state index contributed by atoms with van der Waals surface area (Å²) in [6.07, 6.45) is 1.94. The summed E-state index contributed by atoms with van der Waals surface area (Å²) in [5.74, 6) is 0.995. The van der Waals surface area contributed by atoms with Crippen LogP contribution in [0.15, 0.2) is 34.9 Å². The van der Waals surface area contributed by atoms with Gasteiger partial charge in [0.05, 0.1) is 5.01 Å². The maximum Gasteiger partial charge on any atom is 0.134 e. The van der Waals surface area contributed by atoms with E-state index >= 15 is 0 Å². The third kappa shape index (κ3) is 2.55. The molecule has 0 aliphatic rings. The summed E-state index contributed by atoms with van der Waals surface area (Å²) in [7, 11) is 0. The fourth-order valence-corrected chi connectivity index (χ4v) is 3.00. The Labute approximate surface area is 116 Å². The van der Waals surface area contributed by atoms with E-state index < -0.39 is 0 Å². The third-order valence-electron chi connectivity index (χ3n) is 3.17. The van der Waals surface area contributed by atoms with Crippen molar-refractivity contribution >= 4 is 22.3 Å². The number of aryl methyl sites for hydroxylation is 2. The minimum Gasteiger partial charge on any atom is -0.461 e. The van der Waals surface area contributed by atoms with Crippen LogP contribution in [0.25, 0.3) is 11.0 Å². The number of fused-ring (bicyclic) bond motifs is 1. The second kappa shape index (κ2) is 5.15. The first-order chi connectivity index (χ1) is 9.24. The molecular weight excluding hydrogens is 256 g/mol. The Morgan fingerprint density at radius 3 is 2.84 bits per heavy atom. The van der Waals surface area contributed by atoms with Gasteiger partial charge in [-0.1, -0.05) is 18.2 Å². The van der Waals surface area contributed by atoms with Crippen LogP contribution in [0.2, 0.25) is 0 Å². The first-order valence-electron chi connectivity index (χ1n) is 6.33. The van der Waals surface area contributed by atoms with Crippen molar-refractivity contribution in [1.29, 1.82) is 0 Å². The maximum absolute atomic E-state index is 5.76. The molecule has 0 unspecified atom stereocenters. The van der Waals surface area contributed by atoms with Crippen molar-refractivity contribution in [3.63, 3.8) is 0 Å². The minimum atomic E-state index is 0.819. The smallest absolute Gasteiger partial charge is 0.134 e. The fraction of sp³-hybridized carbons (Fsp3) is 0.267. The van der Waals surface area contributed by atoms with E-state index in [-0.39, 0.29) is 0 Å². The van der Waals surface area contributed by atoms with Crippen molar-refractivity contribution in [2.24, 2.45) is 0 Å². The summed E-state index contributed by atoms with van der Waals surface area (Å²) in [4.78, 5) is 5.53. The molecule has 0 spiro atoms. The predicted molar refractivity (Wildman–Crippen MR) is 78.3 cm³/mol. The SMILES string of the molecule is Cc1ncc(CNCc2c(C)oc3ccccc23)s1. The lowest BCUT2D eigenvalue weighted by Crippen LogP contribution is -2.12. The monoisotopic (exact) mass is 272 g/mol. The quantitative estimate of drug-likeness (QED) is 0.785. The highest BCUT2D eigenvalue weighted by molar-refractivity contribution is 7.11. The number of hydrogen-bond donors (Lipinski definition) is 1. The maximum atomic E-state index is 5.76. The molecule has 0 aliphatic heterocycles. The standard InChI is InChI=1S/C15H16N2OS/c1-10-14(13-5-3-4-6-15(13)18-10)9-16-7-12-8-17-11(2)19-12/h3-6,8,16H,7,9H2,1-2H3.